The van der Waals surface area contributed by atoms with Crippen molar-refractivity contribution in [3.8, 4) is 0 Å². The summed E-state index contributed by atoms with van der Waals surface area (Å²) in [6, 6.07) is 2.07. The van der Waals surface area contributed by atoms with Crippen LogP contribution in [0, 0.1) is 0 Å². The van der Waals surface area contributed by atoms with Gasteiger partial charge in [-0.25, -0.2) is 0 Å². The van der Waals surface area contributed by atoms with Gasteiger partial charge in [-0.1, -0.05) is 0 Å². The van der Waals surface area contributed by atoms with Gasteiger partial charge in [0.25, 0.3) is 5.56 Å². The van der Waals surface area contributed by atoms with E-state index in [1.54, 1.807) is 12.3 Å². The highest BCUT2D eigenvalue weighted by Crippen LogP contribution is 2.26. The lowest BCUT2D eigenvalue weighted by atomic mass is 10.4. The number of halogens is 2. The van der Waals surface area contributed by atoms with Crippen LogP contribution in [0.5, 0.6) is 0 Å². The second-order valence-electron chi connectivity index (χ2n) is 4.35. The van der Waals surface area contributed by atoms with Crippen LogP contribution >= 0.6 is 31.9 Å². The third kappa shape index (κ3) is 3.03. The fourth-order valence-electron chi connectivity index (χ4n) is 1.94. The predicted molar refractivity (Wildman–Crippen MR) is 76.5 cm³/mol. The number of aromatic nitrogens is 1. The maximum Gasteiger partial charge on any atom is 0.265 e. The molecule has 1 saturated carbocycles. The van der Waals surface area contributed by atoms with Crippen LogP contribution in [0.15, 0.2) is 26.0 Å². The fourth-order valence-corrected chi connectivity index (χ4v) is 3.20. The van der Waals surface area contributed by atoms with E-state index in [1.807, 2.05) is 11.8 Å². The van der Waals surface area contributed by atoms with Gasteiger partial charge in [0.1, 0.15) is 6.54 Å². The number of rotatable bonds is 4. The van der Waals surface area contributed by atoms with Gasteiger partial charge in [-0.05, 0) is 57.7 Å². The second kappa shape index (κ2) is 5.57. The van der Waals surface area contributed by atoms with Crippen LogP contribution in [0.1, 0.15) is 19.8 Å². The number of hydrogen-bond donors (Lipinski definition) is 0. The van der Waals surface area contributed by atoms with Crippen LogP contribution < -0.4 is 5.56 Å². The molecule has 1 amide bonds. The molecule has 0 bridgehead atoms. The molecule has 98 valence electrons. The van der Waals surface area contributed by atoms with Crippen molar-refractivity contribution in [1.29, 1.82) is 0 Å². The molecule has 6 heteroatoms. The van der Waals surface area contributed by atoms with Crippen LogP contribution in [0.4, 0.5) is 0 Å². The highest BCUT2D eigenvalue weighted by molar-refractivity contribution is 9.11. The fraction of sp³-hybridized carbons (Fsp3) is 0.500. The summed E-state index contributed by atoms with van der Waals surface area (Å²) < 4.78 is 2.66. The number of amides is 1. The Morgan fingerprint density at radius 3 is 2.72 bits per heavy atom. The second-order valence-corrected chi connectivity index (χ2v) is 6.12. The number of carbonyl (C=O) groups excluding carboxylic acids is 1. The lowest BCUT2D eigenvalue weighted by Gasteiger charge is -2.20. The van der Waals surface area contributed by atoms with Crippen LogP contribution in [-0.4, -0.2) is 28.0 Å². The molecule has 0 N–H and O–H groups in total. The minimum atomic E-state index is -0.182. The first-order valence-electron chi connectivity index (χ1n) is 5.88. The summed E-state index contributed by atoms with van der Waals surface area (Å²) in [4.78, 5) is 25.9. The molecule has 18 heavy (non-hydrogen) atoms. The summed E-state index contributed by atoms with van der Waals surface area (Å²) in [5.41, 5.74) is -0.182. The minimum Gasteiger partial charge on any atom is -0.338 e. The molecule has 0 radical (unpaired) electrons. The molecule has 1 heterocycles. The van der Waals surface area contributed by atoms with Crippen LogP contribution in [0.3, 0.4) is 0 Å². The molecule has 1 aliphatic rings. The van der Waals surface area contributed by atoms with Gasteiger partial charge in [-0.2, -0.15) is 0 Å². The van der Waals surface area contributed by atoms with E-state index < -0.39 is 0 Å². The Balaban J connectivity index is 2.18. The van der Waals surface area contributed by atoms with Crippen LogP contribution in [-0.2, 0) is 11.3 Å². The smallest absolute Gasteiger partial charge is 0.265 e. The summed E-state index contributed by atoms with van der Waals surface area (Å²) in [7, 11) is 0. The van der Waals surface area contributed by atoms with Crippen molar-refractivity contribution in [3.63, 3.8) is 0 Å². The number of likely N-dealkylation sites (N-methyl/N-ethyl adjacent to an activating group) is 1. The standard InChI is InChI=1S/C12H14Br2N2O2/c1-2-16(9-3-4-9)11(17)7-15-6-8(13)5-10(14)12(15)18/h5-6,9H,2-4,7H2,1H3. The van der Waals surface area contributed by atoms with Gasteiger partial charge >= 0.3 is 0 Å². The Kier molecular flexibility index (Phi) is 4.27. The molecule has 0 aromatic carbocycles. The monoisotopic (exact) mass is 376 g/mol. The summed E-state index contributed by atoms with van der Waals surface area (Å²) in [5.74, 6) is 0.00657. The molecule has 4 nitrogen and oxygen atoms in total. The average Bonchev–Trinajstić information content (AvgIpc) is 3.10. The van der Waals surface area contributed by atoms with Gasteiger partial charge in [0.15, 0.2) is 0 Å². The number of nitrogens with zero attached hydrogens (tertiary/aromatic N) is 2. The first-order valence-corrected chi connectivity index (χ1v) is 7.46. The maximum atomic E-state index is 12.1. The van der Waals surface area contributed by atoms with Crippen molar-refractivity contribution < 1.29 is 4.79 Å². The highest BCUT2D eigenvalue weighted by atomic mass is 79.9. The van der Waals surface area contributed by atoms with Crippen molar-refractivity contribution in [1.82, 2.24) is 9.47 Å². The van der Waals surface area contributed by atoms with E-state index in [4.69, 9.17) is 0 Å². The van der Waals surface area contributed by atoms with Crippen molar-refractivity contribution in [3.05, 3.63) is 31.6 Å². The minimum absolute atomic E-state index is 0.00657. The Labute approximate surface area is 122 Å². The molecule has 0 saturated heterocycles. The first-order chi connectivity index (χ1) is 8.52. The first kappa shape index (κ1) is 13.8. The Hall–Kier alpha value is -0.620. The van der Waals surface area contributed by atoms with Gasteiger partial charge in [-0.15, -0.1) is 0 Å². The molecule has 1 aromatic heterocycles. The molecule has 1 fully saturated rings. The molecule has 0 aliphatic heterocycles. The molecule has 1 aromatic rings. The molecular formula is C12H14Br2N2O2. The largest absolute Gasteiger partial charge is 0.338 e. The summed E-state index contributed by atoms with van der Waals surface area (Å²) in [5, 5.41) is 0. The van der Waals surface area contributed by atoms with Gasteiger partial charge in [-0.3, -0.25) is 9.59 Å². The van der Waals surface area contributed by atoms with Crippen molar-refractivity contribution in [2.24, 2.45) is 0 Å². The van der Waals surface area contributed by atoms with E-state index >= 15 is 0 Å². The van der Waals surface area contributed by atoms with Gasteiger partial charge < -0.3 is 9.47 Å². The van der Waals surface area contributed by atoms with Crippen LogP contribution in [0.2, 0.25) is 0 Å². The average molecular weight is 378 g/mol. The molecular weight excluding hydrogens is 364 g/mol. The molecule has 0 unspecified atom stereocenters. The number of pyridine rings is 1. The predicted octanol–water partition coefficient (Wildman–Crippen LogP) is 2.38. The highest BCUT2D eigenvalue weighted by Gasteiger charge is 2.31. The van der Waals surface area contributed by atoms with Crippen molar-refractivity contribution in [2.45, 2.75) is 32.4 Å². The molecule has 0 spiro atoms. The Bertz CT molecular complexity index is 523. The SMILES string of the molecule is CCN(C(=O)Cn1cc(Br)cc(Br)c1=O)C1CC1. The summed E-state index contributed by atoms with van der Waals surface area (Å²) in [6.45, 7) is 2.77. The van der Waals surface area contributed by atoms with Crippen molar-refractivity contribution >= 4 is 37.8 Å². The van der Waals surface area contributed by atoms with E-state index in [0.717, 1.165) is 17.3 Å². The Morgan fingerprint density at radius 2 is 2.17 bits per heavy atom. The van der Waals surface area contributed by atoms with E-state index in [-0.39, 0.29) is 18.0 Å². The number of hydrogen-bond acceptors (Lipinski definition) is 2. The third-order valence-corrected chi connectivity index (χ3v) is 3.97. The lowest BCUT2D eigenvalue weighted by molar-refractivity contribution is -0.132. The topological polar surface area (TPSA) is 42.3 Å². The summed E-state index contributed by atoms with van der Waals surface area (Å²) >= 11 is 6.51. The maximum absolute atomic E-state index is 12.1. The zero-order chi connectivity index (χ0) is 13.3. The quantitative estimate of drug-likeness (QED) is 0.808. The zero-order valence-electron chi connectivity index (χ0n) is 10.0. The lowest BCUT2D eigenvalue weighted by Crippen LogP contribution is -2.37. The zero-order valence-corrected chi connectivity index (χ0v) is 13.2. The van der Waals surface area contributed by atoms with Gasteiger partial charge in [0.05, 0.1) is 4.47 Å². The molecule has 2 rings (SSSR count). The van der Waals surface area contributed by atoms with E-state index in [0.29, 0.717) is 17.1 Å². The van der Waals surface area contributed by atoms with Crippen molar-refractivity contribution in [2.75, 3.05) is 6.54 Å². The third-order valence-electron chi connectivity index (χ3n) is 2.96. The Morgan fingerprint density at radius 1 is 1.50 bits per heavy atom. The van der Waals surface area contributed by atoms with E-state index in [1.165, 1.54) is 4.57 Å². The van der Waals surface area contributed by atoms with E-state index in [2.05, 4.69) is 31.9 Å². The number of carbonyl (C=O) groups is 1. The van der Waals surface area contributed by atoms with E-state index in [9.17, 15) is 9.59 Å². The molecule has 0 atom stereocenters. The van der Waals surface area contributed by atoms with Crippen LogP contribution in [0.25, 0.3) is 0 Å². The summed E-state index contributed by atoms with van der Waals surface area (Å²) in [6.07, 6.45) is 3.80. The normalized spacial score (nSPS) is 14.6. The molecule has 1 aliphatic carbocycles. The van der Waals surface area contributed by atoms with Gasteiger partial charge in [0.2, 0.25) is 5.91 Å². The van der Waals surface area contributed by atoms with Gasteiger partial charge in [0, 0.05) is 23.3 Å².